The van der Waals surface area contributed by atoms with Crippen molar-refractivity contribution in [3.05, 3.63) is 91.5 Å². The van der Waals surface area contributed by atoms with Crippen LogP contribution < -0.4 is 10.2 Å². The quantitative estimate of drug-likeness (QED) is 0.289. The van der Waals surface area contributed by atoms with Gasteiger partial charge in [-0.3, -0.25) is 19.6 Å². The van der Waals surface area contributed by atoms with E-state index in [1.807, 2.05) is 34.5 Å². The average molecular weight is 672 g/mol. The SMILES string of the molecule is COC(=O)C1=C(CN2CCN3C(O)N(c4ccc(CCC(=O)O)cc4)C[C@@H]3C2)NC(c2nccs2)=N[C@H]1c1ccc(Cl)cc1Cl. The number of rotatable bonds is 9. The fraction of sp³-hybridized carbons (Fsp3) is 0.355. The maximum atomic E-state index is 13.3. The summed E-state index contributed by atoms with van der Waals surface area (Å²) in [6.45, 7) is 2.96. The number of thiazole rings is 1. The first-order valence-corrected chi connectivity index (χ1v) is 16.1. The minimum atomic E-state index is -0.829. The number of aryl methyl sites for hydroxylation is 1. The van der Waals surface area contributed by atoms with Crippen LogP contribution in [0.1, 0.15) is 28.6 Å². The molecule has 3 aliphatic heterocycles. The Morgan fingerprint density at radius 1 is 1.13 bits per heavy atom. The number of halogens is 2. The number of fused-ring (bicyclic) bond motifs is 1. The molecule has 2 fully saturated rings. The number of benzene rings is 2. The van der Waals surface area contributed by atoms with Gasteiger partial charge in [0.05, 0.1) is 12.7 Å². The maximum absolute atomic E-state index is 13.3. The molecule has 14 heteroatoms. The lowest BCUT2D eigenvalue weighted by atomic mass is 9.95. The third kappa shape index (κ3) is 6.71. The van der Waals surface area contributed by atoms with Crippen LogP contribution in [0.4, 0.5) is 5.69 Å². The van der Waals surface area contributed by atoms with Gasteiger partial charge in [-0.2, -0.15) is 0 Å². The third-order valence-electron chi connectivity index (χ3n) is 8.30. The van der Waals surface area contributed by atoms with E-state index in [0.29, 0.717) is 76.9 Å². The molecule has 2 saturated heterocycles. The van der Waals surface area contributed by atoms with Crippen LogP contribution in [0, 0.1) is 0 Å². The molecule has 6 rings (SSSR count). The highest BCUT2D eigenvalue weighted by atomic mass is 35.5. The number of aromatic nitrogens is 1. The molecule has 45 heavy (non-hydrogen) atoms. The Labute approximate surface area is 274 Å². The molecule has 0 saturated carbocycles. The van der Waals surface area contributed by atoms with Crippen molar-refractivity contribution in [3.8, 4) is 0 Å². The second kappa shape index (κ2) is 13.5. The Hall–Kier alpha value is -3.52. The van der Waals surface area contributed by atoms with Crippen LogP contribution in [-0.2, 0) is 20.7 Å². The number of carboxylic acids is 1. The number of aliphatic carboxylic acids is 1. The van der Waals surface area contributed by atoms with Crippen LogP contribution in [0.15, 0.2) is 70.3 Å². The molecular formula is C31H32Cl2N6O5S. The van der Waals surface area contributed by atoms with Gasteiger partial charge in [-0.25, -0.2) is 9.78 Å². The minimum Gasteiger partial charge on any atom is -0.481 e. The second-order valence-corrected chi connectivity index (χ2v) is 12.8. The van der Waals surface area contributed by atoms with Crippen molar-refractivity contribution < 1.29 is 24.5 Å². The van der Waals surface area contributed by atoms with Gasteiger partial charge in [0.25, 0.3) is 0 Å². The molecule has 3 aromatic rings. The molecule has 1 unspecified atom stereocenters. The predicted molar refractivity (Wildman–Crippen MR) is 173 cm³/mol. The van der Waals surface area contributed by atoms with Gasteiger partial charge < -0.3 is 25.2 Å². The number of esters is 1. The lowest BCUT2D eigenvalue weighted by molar-refractivity contribution is -0.137. The van der Waals surface area contributed by atoms with E-state index >= 15 is 0 Å². The van der Waals surface area contributed by atoms with Gasteiger partial charge in [-0.1, -0.05) is 41.4 Å². The van der Waals surface area contributed by atoms with E-state index in [9.17, 15) is 14.7 Å². The fourth-order valence-electron chi connectivity index (χ4n) is 6.08. The van der Waals surface area contributed by atoms with Gasteiger partial charge in [0.1, 0.15) is 6.04 Å². The summed E-state index contributed by atoms with van der Waals surface area (Å²) < 4.78 is 5.25. The number of carboxylic acid groups (broad SMARTS) is 1. The summed E-state index contributed by atoms with van der Waals surface area (Å²) in [5.41, 5.74) is 3.45. The number of carbonyl (C=O) groups excluding carboxylic acids is 1. The first-order chi connectivity index (χ1) is 21.7. The Bertz CT molecular complexity index is 1630. The fourth-order valence-corrected chi connectivity index (χ4v) is 7.18. The molecule has 3 N–H and O–H groups in total. The average Bonchev–Trinajstić information content (AvgIpc) is 3.68. The predicted octanol–water partition coefficient (Wildman–Crippen LogP) is 3.77. The molecule has 11 nitrogen and oxygen atoms in total. The maximum Gasteiger partial charge on any atom is 0.338 e. The summed E-state index contributed by atoms with van der Waals surface area (Å²) in [6.07, 6.45) is 1.46. The van der Waals surface area contributed by atoms with Gasteiger partial charge in [0, 0.05) is 83.8 Å². The summed E-state index contributed by atoms with van der Waals surface area (Å²) >= 11 is 14.3. The second-order valence-electron chi connectivity index (χ2n) is 11.1. The van der Waals surface area contributed by atoms with Gasteiger partial charge in [0.15, 0.2) is 17.2 Å². The number of anilines is 1. The molecule has 236 valence electrons. The number of aliphatic hydroxyl groups excluding tert-OH is 1. The number of nitrogens with one attached hydrogen (secondary N) is 1. The molecule has 0 amide bonds. The van der Waals surface area contributed by atoms with Gasteiger partial charge in [0.2, 0.25) is 0 Å². The highest BCUT2D eigenvalue weighted by Gasteiger charge is 2.42. The minimum absolute atomic E-state index is 0.0415. The Morgan fingerprint density at radius 2 is 1.93 bits per heavy atom. The third-order valence-corrected chi connectivity index (χ3v) is 9.64. The van der Waals surface area contributed by atoms with Crippen molar-refractivity contribution in [1.82, 2.24) is 20.1 Å². The zero-order valence-electron chi connectivity index (χ0n) is 24.4. The lowest BCUT2D eigenvalue weighted by Gasteiger charge is -2.39. The van der Waals surface area contributed by atoms with Crippen molar-refractivity contribution in [2.45, 2.75) is 31.3 Å². The monoisotopic (exact) mass is 670 g/mol. The number of ether oxygens (including phenoxy) is 1. The van der Waals surface area contributed by atoms with E-state index in [-0.39, 0.29) is 12.5 Å². The molecule has 4 heterocycles. The van der Waals surface area contributed by atoms with Crippen molar-refractivity contribution in [3.63, 3.8) is 0 Å². The standard InChI is InChI=1S/C31H32Cl2N6O5S/c1-44-30(42)26-24(35-28(29-34-10-13-45-29)36-27(26)22-8-5-19(32)14-23(22)33)17-37-11-12-38-21(15-37)16-39(31(38)43)20-6-2-18(3-7-20)4-9-25(40)41/h2-3,5-8,10,13-14,21,27,31,43H,4,9,11-12,15-17H2,1H3,(H,35,36)(H,40,41)/t21-,27-,31?/m0/s1. The van der Waals surface area contributed by atoms with E-state index in [0.717, 1.165) is 11.3 Å². The first-order valence-electron chi connectivity index (χ1n) is 14.5. The Kier molecular flexibility index (Phi) is 9.41. The molecule has 0 spiro atoms. The van der Waals surface area contributed by atoms with Crippen molar-refractivity contribution in [2.24, 2.45) is 4.99 Å². The number of amidine groups is 1. The smallest absolute Gasteiger partial charge is 0.338 e. The van der Waals surface area contributed by atoms with E-state index < -0.39 is 24.3 Å². The summed E-state index contributed by atoms with van der Waals surface area (Å²) in [5.74, 6) is -0.802. The van der Waals surface area contributed by atoms with Crippen LogP contribution in [0.3, 0.4) is 0 Å². The molecule has 0 radical (unpaired) electrons. The highest BCUT2D eigenvalue weighted by molar-refractivity contribution is 7.11. The molecule has 0 aliphatic carbocycles. The van der Waals surface area contributed by atoms with Crippen LogP contribution in [0.2, 0.25) is 10.0 Å². The first kappa shape index (κ1) is 31.5. The summed E-state index contributed by atoms with van der Waals surface area (Å²) in [7, 11) is 1.35. The zero-order chi connectivity index (χ0) is 31.7. The number of hydrogen-bond donors (Lipinski definition) is 3. The highest BCUT2D eigenvalue weighted by Crippen LogP contribution is 2.38. The largest absolute Gasteiger partial charge is 0.481 e. The van der Waals surface area contributed by atoms with Crippen LogP contribution in [0.5, 0.6) is 0 Å². The van der Waals surface area contributed by atoms with Crippen molar-refractivity contribution in [2.75, 3.05) is 44.7 Å². The van der Waals surface area contributed by atoms with E-state index in [4.69, 9.17) is 38.0 Å². The van der Waals surface area contributed by atoms with Crippen LogP contribution in [-0.4, -0.2) is 95.0 Å². The molecule has 3 atom stereocenters. The number of nitrogens with zero attached hydrogens (tertiary/aromatic N) is 5. The van der Waals surface area contributed by atoms with Gasteiger partial charge in [-0.05, 0) is 36.2 Å². The number of aliphatic hydroxyl groups is 1. The van der Waals surface area contributed by atoms with Crippen molar-refractivity contribution in [1.29, 1.82) is 0 Å². The number of piperazine rings is 1. The Balaban J connectivity index is 1.24. The number of hydrogen-bond acceptors (Lipinski definition) is 11. The molecule has 1 aromatic heterocycles. The number of aliphatic imine (C=N–C) groups is 1. The molecule has 0 bridgehead atoms. The van der Waals surface area contributed by atoms with Crippen LogP contribution in [0.25, 0.3) is 0 Å². The number of methoxy groups -OCH3 is 1. The molecular weight excluding hydrogens is 639 g/mol. The topological polar surface area (TPSA) is 131 Å². The van der Waals surface area contributed by atoms with Crippen molar-refractivity contribution >= 4 is 58.0 Å². The van der Waals surface area contributed by atoms with E-state index in [2.05, 4.69) is 20.1 Å². The van der Waals surface area contributed by atoms with E-state index in [1.165, 1.54) is 18.4 Å². The molecule has 3 aliphatic rings. The number of carbonyl (C=O) groups is 2. The summed E-state index contributed by atoms with van der Waals surface area (Å²) in [5, 5.41) is 27.0. The van der Waals surface area contributed by atoms with Gasteiger partial charge in [-0.15, -0.1) is 11.3 Å². The lowest BCUT2D eigenvalue weighted by Crippen LogP contribution is -2.54. The Morgan fingerprint density at radius 3 is 2.62 bits per heavy atom. The normalized spacial score (nSPS) is 22.2. The zero-order valence-corrected chi connectivity index (χ0v) is 26.7. The van der Waals surface area contributed by atoms with Crippen LogP contribution >= 0.6 is 34.5 Å². The molecule has 2 aromatic carbocycles. The van der Waals surface area contributed by atoms with E-state index in [1.54, 1.807) is 24.4 Å². The van der Waals surface area contributed by atoms with Gasteiger partial charge >= 0.3 is 11.9 Å². The summed E-state index contributed by atoms with van der Waals surface area (Å²) in [4.78, 5) is 39.9. The summed E-state index contributed by atoms with van der Waals surface area (Å²) in [6, 6.07) is 12.1.